The number of unbranched alkanes of at least 4 members (excludes halogenated alkanes) is 15. The average Bonchev–Trinajstić information content (AvgIpc) is 2.83. The van der Waals surface area contributed by atoms with Crippen molar-refractivity contribution in [3.63, 3.8) is 0 Å². The van der Waals surface area contributed by atoms with Gasteiger partial charge in [0, 0.05) is 25.4 Å². The average molecular weight is 607 g/mol. The maximum Gasteiger partial charge on any atom is 0.266 e. The van der Waals surface area contributed by atoms with Gasteiger partial charge in [0.15, 0.2) is 0 Å². The SMILES string of the molecule is CCCCCCCCCCCCOC(C)CC(C[N+](C)(C)C)(OP(=O)([O-])O)C(CCCCCCCCC)CC(N)=O. The van der Waals surface area contributed by atoms with Gasteiger partial charge in [-0.1, -0.05) is 117 Å². The van der Waals surface area contributed by atoms with Crippen molar-refractivity contribution in [3.8, 4) is 0 Å². The first-order valence-corrected chi connectivity index (χ1v) is 18.2. The number of likely N-dealkylation sites (N-methyl/N-ethyl adjacent to an activating group) is 1. The van der Waals surface area contributed by atoms with Crippen molar-refractivity contribution in [2.24, 2.45) is 11.7 Å². The highest BCUT2D eigenvalue weighted by molar-refractivity contribution is 7.44. The molecule has 0 saturated heterocycles. The highest BCUT2D eigenvalue weighted by Crippen LogP contribution is 2.46. The Morgan fingerprint density at radius 2 is 1.29 bits per heavy atom. The lowest BCUT2D eigenvalue weighted by Gasteiger charge is -2.46. The molecule has 246 valence electrons. The minimum Gasteiger partial charge on any atom is -0.756 e. The summed E-state index contributed by atoms with van der Waals surface area (Å²) >= 11 is 0. The predicted molar refractivity (Wildman–Crippen MR) is 168 cm³/mol. The Balaban J connectivity index is 5.28. The minimum atomic E-state index is -5.11. The summed E-state index contributed by atoms with van der Waals surface area (Å²) in [6.07, 6.45) is 20.7. The molecule has 3 N–H and O–H groups in total. The van der Waals surface area contributed by atoms with E-state index in [0.29, 0.717) is 24.1 Å². The van der Waals surface area contributed by atoms with E-state index < -0.39 is 25.2 Å². The molecular weight excluding hydrogens is 539 g/mol. The Hall–Kier alpha value is -0.500. The summed E-state index contributed by atoms with van der Waals surface area (Å²) < 4.78 is 24.4. The molecule has 0 aromatic rings. The molecule has 41 heavy (non-hydrogen) atoms. The summed E-state index contributed by atoms with van der Waals surface area (Å²) in [7, 11) is 0.753. The fourth-order valence-electron chi connectivity index (χ4n) is 6.09. The fraction of sp³-hybridized carbons (Fsp3) is 0.969. The summed E-state index contributed by atoms with van der Waals surface area (Å²) in [5, 5.41) is 0. The lowest BCUT2D eigenvalue weighted by atomic mass is 9.77. The molecule has 0 aromatic carbocycles. The van der Waals surface area contributed by atoms with Crippen LogP contribution >= 0.6 is 7.82 Å². The van der Waals surface area contributed by atoms with Gasteiger partial charge in [0.25, 0.3) is 7.82 Å². The van der Waals surface area contributed by atoms with Gasteiger partial charge in [-0.3, -0.25) is 9.36 Å². The normalized spacial score (nSPS) is 16.7. The van der Waals surface area contributed by atoms with E-state index in [4.69, 9.17) is 15.0 Å². The van der Waals surface area contributed by atoms with E-state index in [1.165, 1.54) is 77.0 Å². The molecule has 0 aliphatic heterocycles. The van der Waals surface area contributed by atoms with E-state index in [1.807, 2.05) is 28.1 Å². The molecule has 0 rings (SSSR count). The van der Waals surface area contributed by atoms with Crippen LogP contribution in [0.1, 0.15) is 149 Å². The zero-order valence-corrected chi connectivity index (χ0v) is 28.6. The summed E-state index contributed by atoms with van der Waals surface area (Å²) in [6, 6.07) is 0. The monoisotopic (exact) mass is 606 g/mol. The van der Waals surface area contributed by atoms with Crippen molar-refractivity contribution in [2.75, 3.05) is 34.3 Å². The molecule has 9 heteroatoms. The maximum atomic E-state index is 12.2. The summed E-state index contributed by atoms with van der Waals surface area (Å²) in [4.78, 5) is 34.4. The highest BCUT2D eigenvalue weighted by Gasteiger charge is 2.48. The third kappa shape index (κ3) is 23.6. The van der Waals surface area contributed by atoms with Crippen LogP contribution in [0.25, 0.3) is 0 Å². The summed E-state index contributed by atoms with van der Waals surface area (Å²) in [5.41, 5.74) is 4.36. The van der Waals surface area contributed by atoms with Crippen LogP contribution in [-0.2, 0) is 18.6 Å². The van der Waals surface area contributed by atoms with Crippen LogP contribution in [-0.4, -0.2) is 61.3 Å². The number of quaternary nitrogens is 1. The number of hydrogen-bond acceptors (Lipinski definition) is 5. The first-order chi connectivity index (χ1) is 19.2. The number of ether oxygens (including phenoxy) is 1. The molecule has 0 spiro atoms. The Labute approximate surface area is 253 Å². The van der Waals surface area contributed by atoms with Crippen molar-refractivity contribution >= 4 is 13.7 Å². The number of nitrogens with zero attached hydrogens (tertiary/aromatic N) is 1. The summed E-state index contributed by atoms with van der Waals surface area (Å²) in [5.74, 6) is -0.948. The van der Waals surface area contributed by atoms with Crippen LogP contribution in [0, 0.1) is 5.92 Å². The van der Waals surface area contributed by atoms with Crippen LogP contribution in [0.2, 0.25) is 0 Å². The maximum absolute atomic E-state index is 12.2. The number of carbonyl (C=O) groups excluding carboxylic acids is 1. The summed E-state index contributed by atoms with van der Waals surface area (Å²) in [6.45, 7) is 7.24. The number of nitrogens with two attached hydrogens (primary N) is 1. The first kappa shape index (κ1) is 40.5. The van der Waals surface area contributed by atoms with Crippen LogP contribution < -0.4 is 10.6 Å². The smallest absolute Gasteiger partial charge is 0.266 e. The number of primary amides is 1. The van der Waals surface area contributed by atoms with E-state index in [2.05, 4.69) is 13.8 Å². The number of amides is 1. The van der Waals surface area contributed by atoms with Gasteiger partial charge in [-0.05, 0) is 19.8 Å². The van der Waals surface area contributed by atoms with E-state index >= 15 is 0 Å². The molecule has 4 atom stereocenters. The van der Waals surface area contributed by atoms with Gasteiger partial charge in [0.2, 0.25) is 5.91 Å². The second kappa shape index (κ2) is 23.0. The molecule has 8 nitrogen and oxygen atoms in total. The van der Waals surface area contributed by atoms with Gasteiger partial charge in [0.05, 0.1) is 27.2 Å². The predicted octanol–water partition coefficient (Wildman–Crippen LogP) is 7.26. The van der Waals surface area contributed by atoms with Gasteiger partial charge >= 0.3 is 0 Å². The molecule has 0 aliphatic rings. The third-order valence-corrected chi connectivity index (χ3v) is 8.51. The standard InChI is InChI=1S/C32H67N2O6P/c1-7-9-11-13-15-16-17-19-21-23-25-39-29(3)27-32(28-34(4,5)6,40-41(36,37)38)30(26-31(33)35)24-22-20-18-14-12-10-8-2/h29-30H,7-28H2,1-6H3,(H3-,33,35,36,37,38). The van der Waals surface area contributed by atoms with Crippen LogP contribution in [0.4, 0.5) is 0 Å². The number of rotatable bonds is 29. The highest BCUT2D eigenvalue weighted by atomic mass is 31.2. The molecule has 0 fully saturated rings. The fourth-order valence-corrected chi connectivity index (χ4v) is 6.84. The van der Waals surface area contributed by atoms with Gasteiger partial charge in [0.1, 0.15) is 12.1 Å². The molecule has 0 aromatic heterocycles. The molecule has 0 aliphatic carbocycles. The topological polar surface area (TPSA) is 122 Å². The number of carbonyl (C=O) groups is 1. The van der Waals surface area contributed by atoms with E-state index in [9.17, 15) is 19.1 Å². The van der Waals surface area contributed by atoms with Gasteiger partial charge in [-0.15, -0.1) is 0 Å². The Morgan fingerprint density at radius 1 is 0.854 bits per heavy atom. The molecule has 0 saturated carbocycles. The molecule has 1 amide bonds. The quantitative estimate of drug-likeness (QED) is 0.0525. The van der Waals surface area contributed by atoms with Crippen LogP contribution in [0.15, 0.2) is 0 Å². The van der Waals surface area contributed by atoms with Crippen molar-refractivity contribution < 1.29 is 32.9 Å². The lowest BCUT2D eigenvalue weighted by Crippen LogP contribution is -2.56. The zero-order valence-electron chi connectivity index (χ0n) is 27.7. The Morgan fingerprint density at radius 3 is 1.71 bits per heavy atom. The zero-order chi connectivity index (χ0) is 31.2. The van der Waals surface area contributed by atoms with E-state index in [0.717, 1.165) is 32.1 Å². The second-order valence-electron chi connectivity index (χ2n) is 13.4. The molecule has 4 unspecified atom stereocenters. The van der Waals surface area contributed by atoms with Gasteiger partial charge in [-0.2, -0.15) is 0 Å². The lowest BCUT2D eigenvalue weighted by molar-refractivity contribution is -0.877. The van der Waals surface area contributed by atoms with Crippen molar-refractivity contribution in [3.05, 3.63) is 0 Å². The number of phosphoric ester groups is 1. The molecule has 0 radical (unpaired) electrons. The Kier molecular flexibility index (Phi) is 22.7. The van der Waals surface area contributed by atoms with Crippen molar-refractivity contribution in [1.29, 1.82) is 0 Å². The second-order valence-corrected chi connectivity index (χ2v) is 14.5. The van der Waals surface area contributed by atoms with Crippen molar-refractivity contribution in [1.82, 2.24) is 0 Å². The van der Waals surface area contributed by atoms with Gasteiger partial charge < -0.3 is 29.3 Å². The van der Waals surface area contributed by atoms with E-state index in [-0.39, 0.29) is 18.9 Å². The molecule has 0 bridgehead atoms. The van der Waals surface area contributed by atoms with Gasteiger partial charge in [-0.25, -0.2) is 0 Å². The Bertz CT molecular complexity index is 696. The van der Waals surface area contributed by atoms with Crippen LogP contribution in [0.3, 0.4) is 0 Å². The van der Waals surface area contributed by atoms with Crippen LogP contribution in [0.5, 0.6) is 0 Å². The number of phosphoric acid groups is 1. The molecule has 0 heterocycles. The largest absolute Gasteiger partial charge is 0.756 e. The molecular formula is C32H67N2O6P. The van der Waals surface area contributed by atoms with Crippen molar-refractivity contribution in [2.45, 2.75) is 161 Å². The first-order valence-electron chi connectivity index (χ1n) is 16.7. The third-order valence-electron chi connectivity index (χ3n) is 7.92. The van der Waals surface area contributed by atoms with E-state index in [1.54, 1.807) is 0 Å². The number of hydrogen-bond donors (Lipinski definition) is 2. The minimum absolute atomic E-state index is 0.000991.